The fraction of sp³-hybridized carbons (Fsp3) is 0.846. The van der Waals surface area contributed by atoms with Crippen molar-refractivity contribution >= 4 is 0 Å². The van der Waals surface area contributed by atoms with Gasteiger partial charge in [-0.3, -0.25) is 4.90 Å². The van der Waals surface area contributed by atoms with Gasteiger partial charge in [0.1, 0.15) is 0 Å². The highest BCUT2D eigenvalue weighted by Gasteiger charge is 2.11. The molecule has 1 heterocycles. The predicted molar refractivity (Wildman–Crippen MR) is 63.5 cm³/mol. The van der Waals surface area contributed by atoms with Crippen LogP contribution in [0.1, 0.15) is 47.0 Å². The van der Waals surface area contributed by atoms with E-state index in [1.54, 1.807) is 11.1 Å². The zero-order chi connectivity index (χ0) is 10.6. The first kappa shape index (κ1) is 11.8. The highest BCUT2D eigenvalue weighted by atomic mass is 15.1. The Morgan fingerprint density at radius 2 is 1.64 bits per heavy atom. The number of hydrogen-bond acceptors (Lipinski definition) is 1. The summed E-state index contributed by atoms with van der Waals surface area (Å²) in [7, 11) is 0. The molecule has 1 saturated heterocycles. The zero-order valence-corrected chi connectivity index (χ0v) is 10.3. The van der Waals surface area contributed by atoms with Crippen molar-refractivity contribution in [3.8, 4) is 0 Å². The standard InChI is InChI=1S/C13H25N/c1-11(2)13(4)12(3)10-14-8-6-5-7-9-14/h11H,5-10H2,1-4H3. The summed E-state index contributed by atoms with van der Waals surface area (Å²) < 4.78 is 0. The Hall–Kier alpha value is -0.300. The van der Waals surface area contributed by atoms with Crippen molar-refractivity contribution in [2.75, 3.05) is 19.6 Å². The van der Waals surface area contributed by atoms with E-state index in [0.717, 1.165) is 0 Å². The molecule has 0 spiro atoms. The molecule has 82 valence electrons. The van der Waals surface area contributed by atoms with Gasteiger partial charge in [0.15, 0.2) is 0 Å². The van der Waals surface area contributed by atoms with Crippen LogP contribution in [-0.2, 0) is 0 Å². The Morgan fingerprint density at radius 3 is 2.14 bits per heavy atom. The molecular formula is C13H25N. The number of allylic oxidation sites excluding steroid dienone is 1. The van der Waals surface area contributed by atoms with E-state index < -0.39 is 0 Å². The third-order valence-electron chi connectivity index (χ3n) is 3.45. The minimum absolute atomic E-state index is 0.708. The van der Waals surface area contributed by atoms with Crippen LogP contribution in [0, 0.1) is 5.92 Å². The minimum atomic E-state index is 0.708. The maximum atomic E-state index is 2.60. The second-order valence-corrected chi connectivity index (χ2v) is 4.95. The number of likely N-dealkylation sites (tertiary alicyclic amines) is 1. The van der Waals surface area contributed by atoms with E-state index in [0.29, 0.717) is 5.92 Å². The Bertz CT molecular complexity index is 197. The van der Waals surface area contributed by atoms with Gasteiger partial charge in [-0.25, -0.2) is 0 Å². The second kappa shape index (κ2) is 5.55. The molecule has 0 aliphatic carbocycles. The van der Waals surface area contributed by atoms with Crippen LogP contribution >= 0.6 is 0 Å². The van der Waals surface area contributed by atoms with Crippen LogP contribution in [0.25, 0.3) is 0 Å². The molecule has 0 unspecified atom stereocenters. The molecule has 0 N–H and O–H groups in total. The van der Waals surface area contributed by atoms with Gasteiger partial charge >= 0.3 is 0 Å². The van der Waals surface area contributed by atoms with Crippen molar-refractivity contribution in [1.82, 2.24) is 4.90 Å². The molecule has 0 bridgehead atoms. The van der Waals surface area contributed by atoms with E-state index in [1.807, 2.05) is 0 Å². The third-order valence-corrected chi connectivity index (χ3v) is 3.45. The molecule has 0 aromatic heterocycles. The van der Waals surface area contributed by atoms with Crippen LogP contribution < -0.4 is 0 Å². The monoisotopic (exact) mass is 195 g/mol. The van der Waals surface area contributed by atoms with E-state index in [2.05, 4.69) is 32.6 Å². The summed E-state index contributed by atoms with van der Waals surface area (Å²) in [6.45, 7) is 13.0. The van der Waals surface area contributed by atoms with E-state index in [9.17, 15) is 0 Å². The Labute approximate surface area is 89.2 Å². The maximum absolute atomic E-state index is 2.60. The normalized spacial score (nSPS) is 21.2. The summed E-state index contributed by atoms with van der Waals surface area (Å²) in [4.78, 5) is 2.60. The van der Waals surface area contributed by atoms with Crippen LogP contribution in [0.15, 0.2) is 11.1 Å². The van der Waals surface area contributed by atoms with Gasteiger partial charge in [-0.2, -0.15) is 0 Å². The van der Waals surface area contributed by atoms with Gasteiger partial charge in [-0.1, -0.05) is 31.4 Å². The smallest absolute Gasteiger partial charge is 0.0192 e. The Balaban J connectivity index is 2.45. The van der Waals surface area contributed by atoms with Gasteiger partial charge in [0, 0.05) is 6.54 Å². The summed E-state index contributed by atoms with van der Waals surface area (Å²) in [5.74, 6) is 0.708. The van der Waals surface area contributed by atoms with Gasteiger partial charge in [0.2, 0.25) is 0 Å². The van der Waals surface area contributed by atoms with E-state index in [4.69, 9.17) is 0 Å². The molecule has 1 aliphatic rings. The minimum Gasteiger partial charge on any atom is -0.299 e. The van der Waals surface area contributed by atoms with Crippen molar-refractivity contribution < 1.29 is 0 Å². The average molecular weight is 195 g/mol. The molecule has 14 heavy (non-hydrogen) atoms. The summed E-state index contributed by atoms with van der Waals surface area (Å²) >= 11 is 0. The molecule has 0 radical (unpaired) electrons. The van der Waals surface area contributed by atoms with Gasteiger partial charge < -0.3 is 0 Å². The van der Waals surface area contributed by atoms with Crippen molar-refractivity contribution in [2.45, 2.75) is 47.0 Å². The molecule has 0 aromatic rings. The lowest BCUT2D eigenvalue weighted by Crippen LogP contribution is -2.31. The zero-order valence-electron chi connectivity index (χ0n) is 10.3. The van der Waals surface area contributed by atoms with Gasteiger partial charge in [-0.15, -0.1) is 0 Å². The summed E-state index contributed by atoms with van der Waals surface area (Å²) in [5, 5.41) is 0. The highest BCUT2D eigenvalue weighted by molar-refractivity contribution is 5.13. The summed E-state index contributed by atoms with van der Waals surface area (Å²) in [5.41, 5.74) is 3.16. The highest BCUT2D eigenvalue weighted by Crippen LogP contribution is 2.17. The van der Waals surface area contributed by atoms with Crippen molar-refractivity contribution in [3.05, 3.63) is 11.1 Å². The van der Waals surface area contributed by atoms with E-state index >= 15 is 0 Å². The Morgan fingerprint density at radius 1 is 1.07 bits per heavy atom. The lowest BCUT2D eigenvalue weighted by Gasteiger charge is -2.27. The Kier molecular flexibility index (Phi) is 4.67. The molecule has 0 saturated carbocycles. The van der Waals surface area contributed by atoms with E-state index in [-0.39, 0.29) is 0 Å². The number of piperidine rings is 1. The van der Waals surface area contributed by atoms with Crippen LogP contribution in [0.5, 0.6) is 0 Å². The van der Waals surface area contributed by atoms with E-state index in [1.165, 1.54) is 38.9 Å². The molecule has 1 aliphatic heterocycles. The number of hydrogen-bond donors (Lipinski definition) is 0. The first-order chi connectivity index (χ1) is 6.61. The SMILES string of the molecule is CC(CN1CCCCC1)=C(C)C(C)C. The second-order valence-electron chi connectivity index (χ2n) is 4.95. The first-order valence-corrected chi connectivity index (χ1v) is 6.00. The quantitative estimate of drug-likeness (QED) is 0.623. The largest absolute Gasteiger partial charge is 0.299 e. The van der Waals surface area contributed by atoms with Gasteiger partial charge in [-0.05, 0) is 45.7 Å². The van der Waals surface area contributed by atoms with Crippen LogP contribution in [0.2, 0.25) is 0 Å². The third kappa shape index (κ3) is 3.45. The van der Waals surface area contributed by atoms with Crippen molar-refractivity contribution in [2.24, 2.45) is 5.92 Å². The summed E-state index contributed by atoms with van der Waals surface area (Å²) in [6, 6.07) is 0. The molecule has 0 atom stereocenters. The molecule has 1 heteroatoms. The fourth-order valence-electron chi connectivity index (χ4n) is 2.07. The summed E-state index contributed by atoms with van der Waals surface area (Å²) in [6.07, 6.45) is 4.23. The van der Waals surface area contributed by atoms with Crippen LogP contribution in [0.4, 0.5) is 0 Å². The first-order valence-electron chi connectivity index (χ1n) is 6.00. The lowest BCUT2D eigenvalue weighted by molar-refractivity contribution is 0.245. The lowest BCUT2D eigenvalue weighted by atomic mass is 9.99. The molecule has 1 rings (SSSR count). The fourth-order valence-corrected chi connectivity index (χ4v) is 2.07. The van der Waals surface area contributed by atoms with Crippen molar-refractivity contribution in [1.29, 1.82) is 0 Å². The maximum Gasteiger partial charge on any atom is 0.0192 e. The molecule has 0 amide bonds. The van der Waals surface area contributed by atoms with Crippen LogP contribution in [0.3, 0.4) is 0 Å². The van der Waals surface area contributed by atoms with Gasteiger partial charge in [0.05, 0.1) is 0 Å². The molecule has 1 nitrogen and oxygen atoms in total. The average Bonchev–Trinajstić information content (AvgIpc) is 2.18. The molecule has 1 fully saturated rings. The molecular weight excluding hydrogens is 170 g/mol. The predicted octanol–water partition coefficient (Wildman–Crippen LogP) is 3.46. The van der Waals surface area contributed by atoms with Crippen LogP contribution in [-0.4, -0.2) is 24.5 Å². The number of rotatable bonds is 3. The molecule has 0 aromatic carbocycles. The topological polar surface area (TPSA) is 3.24 Å². The van der Waals surface area contributed by atoms with Crippen molar-refractivity contribution in [3.63, 3.8) is 0 Å². The van der Waals surface area contributed by atoms with Gasteiger partial charge in [0.25, 0.3) is 0 Å². The number of nitrogens with zero attached hydrogens (tertiary/aromatic N) is 1.